The Hall–Kier alpha value is -1.77. The van der Waals surface area contributed by atoms with Crippen LogP contribution in [0.15, 0.2) is 23.6 Å². The van der Waals surface area contributed by atoms with Crippen molar-refractivity contribution in [1.82, 2.24) is 9.55 Å². The summed E-state index contributed by atoms with van der Waals surface area (Å²) in [6.45, 7) is 2.53. The molecule has 37 heavy (non-hydrogen) atoms. The van der Waals surface area contributed by atoms with Gasteiger partial charge in [0.1, 0.15) is 24.9 Å². The van der Waals surface area contributed by atoms with Crippen LogP contribution in [-0.4, -0.2) is 67.9 Å². The van der Waals surface area contributed by atoms with Gasteiger partial charge in [0.25, 0.3) is 0 Å². The first-order valence-corrected chi connectivity index (χ1v) is 14.5. The Morgan fingerprint density at radius 2 is 1.95 bits per heavy atom. The van der Waals surface area contributed by atoms with Crippen LogP contribution in [-0.2, 0) is 41.1 Å². The topological polar surface area (TPSA) is 274 Å². The van der Waals surface area contributed by atoms with E-state index in [1.165, 1.54) is 12.3 Å². The third kappa shape index (κ3) is 10.5. The molecule has 0 amide bonds. The molecular formula is C16H25N4O14P3. The van der Waals surface area contributed by atoms with Crippen LogP contribution in [0, 0.1) is 11.8 Å². The molecule has 2 heterocycles. The van der Waals surface area contributed by atoms with E-state index in [9.17, 15) is 28.3 Å². The predicted octanol–water partition coefficient (Wildman–Crippen LogP) is -0.688. The van der Waals surface area contributed by atoms with Crippen molar-refractivity contribution in [2.24, 2.45) is 5.73 Å². The van der Waals surface area contributed by atoms with Crippen molar-refractivity contribution in [1.29, 1.82) is 0 Å². The number of hydrogen-bond acceptors (Lipinski definition) is 13. The second-order valence-corrected chi connectivity index (χ2v) is 11.4. The van der Waals surface area contributed by atoms with Gasteiger partial charge in [0, 0.05) is 12.6 Å². The van der Waals surface area contributed by atoms with Gasteiger partial charge in [-0.25, -0.2) is 18.5 Å². The van der Waals surface area contributed by atoms with Gasteiger partial charge in [0.05, 0.1) is 31.4 Å². The summed E-state index contributed by atoms with van der Waals surface area (Å²) >= 11 is 0. The minimum absolute atomic E-state index is 0.0157. The number of nitrogens with zero attached hydrogens (tertiary/aromatic N) is 2. The smallest absolute Gasteiger partial charge is 0.382 e. The van der Waals surface area contributed by atoms with Gasteiger partial charge in [0.15, 0.2) is 0 Å². The van der Waals surface area contributed by atoms with Crippen LogP contribution in [0.5, 0.6) is 0 Å². The molecule has 0 spiro atoms. The van der Waals surface area contributed by atoms with E-state index < -0.39 is 54.2 Å². The maximum atomic E-state index is 12.4. The lowest BCUT2D eigenvalue weighted by atomic mass is 10.2. The standard InChI is InChI=1S/C16H25N4O14P3/c1-2-6-29-10-30-12-7-14(20-8-11(4-3-5-17)15(18)19-16(20)21)32-13(12)9-31-36(25,26)34-37(27,28)33-35(22,23)24/h2,8,12-14H,1,5-7,9-10,17H2,(H,25,26)(H,27,28)(H2,18,19,21)(H2,22,23,24)/t12-,13?,14-/m1/s1. The Morgan fingerprint density at radius 1 is 1.24 bits per heavy atom. The first-order valence-electron chi connectivity index (χ1n) is 9.98. The van der Waals surface area contributed by atoms with Crippen LogP contribution in [0.1, 0.15) is 18.2 Å². The minimum atomic E-state index is -5.71. The molecule has 0 radical (unpaired) electrons. The normalized spacial score (nSPS) is 23.0. The third-order valence-electron chi connectivity index (χ3n) is 4.22. The van der Waals surface area contributed by atoms with Crippen LogP contribution in [0.25, 0.3) is 0 Å². The van der Waals surface area contributed by atoms with Gasteiger partial charge >= 0.3 is 29.2 Å². The lowest BCUT2D eigenvalue weighted by molar-refractivity contribution is -0.113. The van der Waals surface area contributed by atoms with E-state index in [-0.39, 0.29) is 37.7 Å². The fraction of sp³-hybridized carbons (Fsp3) is 0.500. The monoisotopic (exact) mass is 590 g/mol. The SMILES string of the molecule is C=CCOCO[C@@H]1C[C@H](n2cc(C#CCN)c(N)nc2=O)OC1COP(=O)(O)OP(=O)(O)OP(=O)(O)O. The number of phosphoric ester groups is 1. The summed E-state index contributed by atoms with van der Waals surface area (Å²) in [5.41, 5.74) is 10.4. The zero-order valence-corrected chi connectivity index (χ0v) is 21.6. The second-order valence-electron chi connectivity index (χ2n) is 6.97. The average molecular weight is 590 g/mol. The Bertz CT molecular complexity index is 1220. The van der Waals surface area contributed by atoms with Crippen molar-refractivity contribution in [3.8, 4) is 11.8 Å². The summed E-state index contributed by atoms with van der Waals surface area (Å²) < 4.78 is 63.8. The van der Waals surface area contributed by atoms with E-state index in [2.05, 4.69) is 36.5 Å². The Kier molecular flexibility index (Phi) is 11.3. The molecule has 1 aliphatic rings. The van der Waals surface area contributed by atoms with Gasteiger partial charge in [-0.1, -0.05) is 17.9 Å². The molecule has 21 heteroatoms. The molecule has 1 aromatic rings. The van der Waals surface area contributed by atoms with Gasteiger partial charge in [-0.3, -0.25) is 9.09 Å². The molecule has 1 aromatic heterocycles. The fourth-order valence-electron chi connectivity index (χ4n) is 2.86. The van der Waals surface area contributed by atoms with Crippen molar-refractivity contribution in [2.75, 3.05) is 32.3 Å². The van der Waals surface area contributed by atoms with Gasteiger partial charge in [-0.2, -0.15) is 13.6 Å². The van der Waals surface area contributed by atoms with Crippen molar-refractivity contribution >= 4 is 29.3 Å². The number of rotatable bonds is 13. The Labute approximate surface area is 209 Å². The van der Waals surface area contributed by atoms with Gasteiger partial charge in [-0.15, -0.1) is 6.58 Å². The molecule has 0 aliphatic carbocycles. The average Bonchev–Trinajstić information content (AvgIpc) is 3.15. The number of aromatic nitrogens is 2. The molecule has 18 nitrogen and oxygen atoms in total. The molecule has 2 rings (SSSR count). The summed E-state index contributed by atoms with van der Waals surface area (Å²) in [7, 11) is -16.7. The molecule has 8 N–H and O–H groups in total. The van der Waals surface area contributed by atoms with E-state index in [1.54, 1.807) is 0 Å². The van der Waals surface area contributed by atoms with E-state index in [0.717, 1.165) is 4.57 Å². The number of ether oxygens (including phenoxy) is 3. The van der Waals surface area contributed by atoms with Crippen LogP contribution >= 0.6 is 23.5 Å². The Morgan fingerprint density at radius 3 is 2.57 bits per heavy atom. The molecule has 208 valence electrons. The molecule has 1 aliphatic heterocycles. The zero-order chi connectivity index (χ0) is 27.9. The molecule has 0 saturated carbocycles. The van der Waals surface area contributed by atoms with Crippen molar-refractivity contribution in [3.05, 3.63) is 34.9 Å². The first kappa shape index (κ1) is 31.4. The number of nitrogens with two attached hydrogens (primary N) is 2. The van der Waals surface area contributed by atoms with Crippen LogP contribution in [0.4, 0.5) is 5.82 Å². The third-order valence-corrected chi connectivity index (χ3v) is 8.02. The molecule has 1 fully saturated rings. The van der Waals surface area contributed by atoms with E-state index >= 15 is 0 Å². The first-order chi connectivity index (χ1) is 17.2. The zero-order valence-electron chi connectivity index (χ0n) is 18.9. The fourth-order valence-corrected chi connectivity index (χ4v) is 5.89. The highest BCUT2D eigenvalue weighted by atomic mass is 31.3. The lowest BCUT2D eigenvalue weighted by Gasteiger charge is -2.21. The van der Waals surface area contributed by atoms with E-state index in [0.29, 0.717) is 0 Å². The maximum Gasteiger partial charge on any atom is 0.490 e. The van der Waals surface area contributed by atoms with Gasteiger partial charge < -0.3 is 45.3 Å². The molecular weight excluding hydrogens is 565 g/mol. The van der Waals surface area contributed by atoms with Crippen LogP contribution < -0.4 is 17.2 Å². The Balaban J connectivity index is 2.20. The number of anilines is 1. The summed E-state index contributed by atoms with van der Waals surface area (Å²) in [6.07, 6.45) is -0.480. The highest BCUT2D eigenvalue weighted by Crippen LogP contribution is 2.66. The molecule has 0 bridgehead atoms. The quantitative estimate of drug-likeness (QED) is 0.0545. The summed E-state index contributed by atoms with van der Waals surface area (Å²) in [4.78, 5) is 52.3. The van der Waals surface area contributed by atoms with Crippen molar-refractivity contribution < 1.29 is 60.6 Å². The minimum Gasteiger partial charge on any atom is -0.382 e. The number of hydrogen-bond donors (Lipinski definition) is 6. The molecule has 0 aromatic carbocycles. The van der Waals surface area contributed by atoms with E-state index in [1.807, 2.05) is 0 Å². The van der Waals surface area contributed by atoms with Gasteiger partial charge in [-0.05, 0) is 0 Å². The van der Waals surface area contributed by atoms with Crippen LogP contribution in [0.3, 0.4) is 0 Å². The highest BCUT2D eigenvalue weighted by molar-refractivity contribution is 7.66. The molecule has 3 unspecified atom stereocenters. The van der Waals surface area contributed by atoms with Crippen molar-refractivity contribution in [3.63, 3.8) is 0 Å². The lowest BCUT2D eigenvalue weighted by Crippen LogP contribution is -2.30. The number of nitrogen functional groups attached to an aromatic ring is 1. The molecule has 1 saturated heterocycles. The summed E-state index contributed by atoms with van der Waals surface area (Å²) in [5.74, 6) is 5.07. The predicted molar refractivity (Wildman–Crippen MR) is 123 cm³/mol. The highest BCUT2D eigenvalue weighted by Gasteiger charge is 2.43. The summed E-state index contributed by atoms with van der Waals surface area (Å²) in [6, 6.07) is 0. The van der Waals surface area contributed by atoms with E-state index in [4.69, 9.17) is 35.5 Å². The number of phosphoric acid groups is 3. The second kappa shape index (κ2) is 13.3. The summed E-state index contributed by atoms with van der Waals surface area (Å²) in [5, 5.41) is 0. The van der Waals surface area contributed by atoms with Crippen LogP contribution in [0.2, 0.25) is 0 Å². The van der Waals surface area contributed by atoms with Crippen molar-refractivity contribution in [2.45, 2.75) is 24.9 Å². The maximum absolute atomic E-state index is 12.4. The molecule has 5 atom stereocenters. The largest absolute Gasteiger partial charge is 0.490 e. The van der Waals surface area contributed by atoms with Gasteiger partial charge in [0.2, 0.25) is 0 Å².